The van der Waals surface area contributed by atoms with E-state index in [4.69, 9.17) is 71.1 Å². The first-order valence-electron chi connectivity index (χ1n) is 40.6. The van der Waals surface area contributed by atoms with Crippen LogP contribution in [0.25, 0.3) is 0 Å². The summed E-state index contributed by atoms with van der Waals surface area (Å²) in [6.45, 7) is 53.0. The van der Waals surface area contributed by atoms with E-state index in [9.17, 15) is 38.4 Å². The van der Waals surface area contributed by atoms with E-state index in [2.05, 4.69) is 33.8 Å². The molecule has 634 valence electrons. The highest BCUT2D eigenvalue weighted by Gasteiger charge is 2.64. The quantitative estimate of drug-likeness (QED) is 0.0665. The zero-order chi connectivity index (χ0) is 84.4. The highest BCUT2D eigenvalue weighted by Crippen LogP contribution is 2.66. The standard InChI is InChI=1S/C87H136O24S/c1-44(42-97-48(5)88)32-35-55-45(2)57-56(112-55)41-53-51-34-33-49-40-50(36-38-86(49,30)52(51)37-39-87(53,57)31)101-69-64(104-68-66(111-77(96)85(27,28)29)62(108-74(93)82(18,19)20)59(47(4)100-68)106-72(91)80(12,13)14)63(109-75(94)83(21,22)23)60(54(102-69)43-98-70(89)78(6,7)8)103-67-65(110-76(95)84(24,25)26)61(107-73(92)81(15,16)17)58(46(3)99-67)105-71(90)79(9,10)11/h33,44,46-47,50-54,58-69H,32,34-43H2,1-31H3/t44-,46+,47+,50+,51-,52+,53+,54-,58+,59+,60-,61-,62-,63+,64-,65-,66-,67+,68+,69-,86+,87+/m1/s1. The summed E-state index contributed by atoms with van der Waals surface area (Å²) in [6.07, 6.45) is -15.2. The van der Waals surface area contributed by atoms with E-state index >= 15 is 4.79 Å². The molecular formula is C87H136O24S. The summed E-state index contributed by atoms with van der Waals surface area (Å²) in [5.74, 6) is -4.89. The van der Waals surface area contributed by atoms with Crippen molar-refractivity contribution in [1.29, 1.82) is 0 Å². The minimum atomic E-state index is -1.86. The van der Waals surface area contributed by atoms with Crippen LogP contribution in [0, 0.1) is 79.3 Å². The molecule has 0 aromatic carbocycles. The van der Waals surface area contributed by atoms with Gasteiger partial charge in [-0.25, -0.2) is 0 Å². The zero-order valence-electron chi connectivity index (χ0n) is 73.1. The number of allylic oxidation sites excluding steroid dienone is 1. The van der Waals surface area contributed by atoms with Crippen LogP contribution in [0.3, 0.4) is 0 Å². The summed E-state index contributed by atoms with van der Waals surface area (Å²) >= 11 is 1.96. The Bertz CT molecular complexity index is 3620. The molecule has 22 atom stereocenters. The van der Waals surface area contributed by atoms with Crippen molar-refractivity contribution >= 4 is 65.1 Å². The zero-order valence-corrected chi connectivity index (χ0v) is 73.9. The largest absolute Gasteiger partial charge is 0.466 e. The number of esters is 9. The van der Waals surface area contributed by atoms with Gasteiger partial charge in [-0.1, -0.05) is 32.4 Å². The summed E-state index contributed by atoms with van der Waals surface area (Å²) < 4.78 is 100. The molecule has 1 aromatic rings. The third-order valence-electron chi connectivity index (χ3n) is 23.1. The van der Waals surface area contributed by atoms with Crippen LogP contribution >= 0.6 is 11.3 Å². The molecule has 0 N–H and O–H groups in total. The maximum absolute atomic E-state index is 15.4. The third-order valence-corrected chi connectivity index (χ3v) is 24.5. The van der Waals surface area contributed by atoms with Crippen LogP contribution in [0.15, 0.2) is 11.6 Å². The Morgan fingerprint density at radius 2 is 0.848 bits per heavy atom. The molecule has 0 bridgehead atoms. The molecule has 4 heterocycles. The van der Waals surface area contributed by atoms with Crippen molar-refractivity contribution < 1.29 is 114 Å². The van der Waals surface area contributed by atoms with Gasteiger partial charge in [0.1, 0.15) is 18.8 Å². The lowest BCUT2D eigenvalue weighted by Crippen LogP contribution is -2.69. The predicted octanol–water partition coefficient (Wildman–Crippen LogP) is 14.8. The molecule has 5 fully saturated rings. The van der Waals surface area contributed by atoms with E-state index in [-0.39, 0.29) is 22.7 Å². The molecule has 24 nitrogen and oxygen atoms in total. The predicted molar refractivity (Wildman–Crippen MR) is 416 cm³/mol. The average Bonchev–Trinajstić information content (AvgIpc) is 1.12. The van der Waals surface area contributed by atoms with E-state index in [0.29, 0.717) is 43.6 Å². The van der Waals surface area contributed by atoms with E-state index in [0.717, 1.165) is 38.5 Å². The van der Waals surface area contributed by atoms with Crippen molar-refractivity contribution in [2.45, 2.75) is 376 Å². The average molecular weight is 1600 g/mol. The van der Waals surface area contributed by atoms with Gasteiger partial charge in [0.25, 0.3) is 0 Å². The number of rotatable bonds is 20. The fraction of sp³-hybridized carbons (Fsp3) is 0.828. The summed E-state index contributed by atoms with van der Waals surface area (Å²) in [7, 11) is 0. The highest BCUT2D eigenvalue weighted by atomic mass is 32.1. The number of carbonyl (C=O) groups is 9. The molecule has 8 rings (SSSR count). The van der Waals surface area contributed by atoms with Gasteiger partial charge in [0.2, 0.25) is 0 Å². The monoisotopic (exact) mass is 1600 g/mol. The van der Waals surface area contributed by atoms with Crippen LogP contribution in [-0.2, 0) is 132 Å². The van der Waals surface area contributed by atoms with Crippen molar-refractivity contribution in [3.05, 3.63) is 32.5 Å². The summed E-state index contributed by atoms with van der Waals surface area (Å²) in [4.78, 5) is 131. The minimum absolute atomic E-state index is 0.000391. The molecule has 0 amide bonds. The number of carbonyl (C=O) groups excluding carboxylic acids is 9. The van der Waals surface area contributed by atoms with Crippen LogP contribution in [0.1, 0.15) is 274 Å². The number of hydrogen-bond donors (Lipinski definition) is 0. The molecule has 1 aromatic heterocycles. The number of hydrogen-bond acceptors (Lipinski definition) is 25. The SMILES string of the molecule is CC(=O)OC[C@H](C)CCc1sc2c(c1C)[C@@]1(C)CC[C@H]3[C@@H](CC=C4C[C@@H](O[C@@H]5O[C@H](COC(=O)C(C)(C)C)[C@@H](O[C@@H]6O[C@@H](C)[C@H](OC(=O)C(C)(C)C)[C@@H](OC(=O)C(C)(C)C)[C@H]6OC(=O)C(C)(C)C)[C@H](OC(=O)C(C)(C)C)[C@H]5O[C@@H]5O[C@@H](C)[C@H](OC(=O)C(C)(C)C)[C@@H](OC(=O)C(C)(C)C)[C@H]5OC(=O)C(C)(C)C)CC[C@@]43C)[C@@H]1C2. The second-order valence-corrected chi connectivity index (χ2v) is 42.9. The van der Waals surface area contributed by atoms with E-state index in [1.807, 2.05) is 11.3 Å². The molecule has 0 radical (unpaired) electrons. The molecule has 2 saturated carbocycles. The topological polar surface area (TPSA) is 292 Å². The van der Waals surface area contributed by atoms with Crippen LogP contribution in [0.5, 0.6) is 0 Å². The lowest BCUT2D eigenvalue weighted by molar-refractivity contribution is -0.390. The van der Waals surface area contributed by atoms with Crippen LogP contribution in [-0.4, -0.2) is 165 Å². The Balaban J connectivity index is 1.30. The second-order valence-electron chi connectivity index (χ2n) is 41.7. The molecule has 3 aliphatic heterocycles. The summed E-state index contributed by atoms with van der Waals surface area (Å²) in [6, 6.07) is 0. The van der Waals surface area contributed by atoms with E-state index in [1.165, 1.54) is 33.4 Å². The highest BCUT2D eigenvalue weighted by molar-refractivity contribution is 7.12. The molecule has 0 spiro atoms. The van der Waals surface area contributed by atoms with Gasteiger partial charge >= 0.3 is 53.7 Å². The van der Waals surface area contributed by atoms with Crippen molar-refractivity contribution in [2.24, 2.45) is 72.4 Å². The Morgan fingerprint density at radius 1 is 0.464 bits per heavy atom. The van der Waals surface area contributed by atoms with Gasteiger partial charge in [0.05, 0.1) is 68.2 Å². The first-order valence-corrected chi connectivity index (χ1v) is 41.4. The number of aryl methyl sites for hydroxylation is 1. The molecule has 25 heteroatoms. The first-order chi connectivity index (χ1) is 51.1. The van der Waals surface area contributed by atoms with Crippen molar-refractivity contribution in [2.75, 3.05) is 13.2 Å². The normalized spacial score (nSPS) is 32.8. The molecule has 7 aliphatic rings. The van der Waals surface area contributed by atoms with Gasteiger partial charge in [0, 0.05) is 16.7 Å². The van der Waals surface area contributed by atoms with Gasteiger partial charge in [-0.15, -0.1) is 11.3 Å². The Kier molecular flexibility index (Phi) is 27.8. The third kappa shape index (κ3) is 21.0. The van der Waals surface area contributed by atoms with Gasteiger partial charge in [-0.2, -0.15) is 0 Å². The Labute approximate surface area is 670 Å². The Morgan fingerprint density at radius 3 is 1.27 bits per heavy atom. The maximum atomic E-state index is 15.4. The summed E-state index contributed by atoms with van der Waals surface area (Å²) in [5, 5.41) is 0. The van der Waals surface area contributed by atoms with Crippen molar-refractivity contribution in [3.8, 4) is 0 Å². The molecule has 3 saturated heterocycles. The maximum Gasteiger partial charge on any atom is 0.311 e. The Hall–Kier alpha value is -5.57. The number of ether oxygens (including phenoxy) is 15. The van der Waals surface area contributed by atoms with E-state index in [1.54, 1.807) is 180 Å². The van der Waals surface area contributed by atoms with Gasteiger partial charge < -0.3 is 71.1 Å². The van der Waals surface area contributed by atoms with Crippen LogP contribution in [0.2, 0.25) is 0 Å². The van der Waals surface area contributed by atoms with Gasteiger partial charge in [-0.3, -0.25) is 43.2 Å². The molecule has 112 heavy (non-hydrogen) atoms. The number of thiophene rings is 1. The fourth-order valence-corrected chi connectivity index (χ4v) is 17.5. The van der Waals surface area contributed by atoms with Crippen LogP contribution < -0.4 is 0 Å². The van der Waals surface area contributed by atoms with Crippen molar-refractivity contribution in [3.63, 3.8) is 0 Å². The van der Waals surface area contributed by atoms with Gasteiger partial charge in [0.15, 0.2) is 67.7 Å². The molecule has 0 unspecified atom stereocenters. The van der Waals surface area contributed by atoms with E-state index < -0.39 is 196 Å². The lowest BCUT2D eigenvalue weighted by atomic mass is 9.47. The molecular weight excluding hydrogens is 1460 g/mol. The fourth-order valence-electron chi connectivity index (χ4n) is 16.0. The van der Waals surface area contributed by atoms with Crippen molar-refractivity contribution in [1.82, 2.24) is 0 Å². The van der Waals surface area contributed by atoms with Gasteiger partial charge in [-0.05, 0) is 290 Å². The summed E-state index contributed by atoms with van der Waals surface area (Å²) in [5.41, 5.74) is -5.53. The molecule has 4 aliphatic carbocycles. The van der Waals surface area contributed by atoms with Crippen LogP contribution in [0.4, 0.5) is 0 Å². The number of fused-ring (bicyclic) bond motifs is 7. The lowest BCUT2D eigenvalue weighted by Gasteiger charge is -2.58. The smallest absolute Gasteiger partial charge is 0.311 e. The minimum Gasteiger partial charge on any atom is -0.466 e. The first kappa shape index (κ1) is 91.9. The second kappa shape index (κ2) is 33.8.